The zero-order valence-corrected chi connectivity index (χ0v) is 24.7. The summed E-state index contributed by atoms with van der Waals surface area (Å²) in [5, 5.41) is 8.02. The standard InChI is InChI=1S/C19H15I4N3O5/c1-8(27)24-17-14(21)13(15(22)18(16(17)23)25-9(2)28)19(30)31-7-12(29)26-11-5-3-10(20)4-6-11/h3-6H,7H2,1-2H3,(H,24,27)(H,25,28)(H,26,29). The third-order valence-corrected chi connectivity index (χ3v) is 7.54. The molecule has 2 rings (SSSR count). The van der Waals surface area contributed by atoms with Crippen LogP contribution in [-0.2, 0) is 19.1 Å². The van der Waals surface area contributed by atoms with Gasteiger partial charge in [-0.3, -0.25) is 14.4 Å². The Morgan fingerprint density at radius 3 is 1.71 bits per heavy atom. The van der Waals surface area contributed by atoms with E-state index in [0.29, 0.717) is 27.8 Å². The molecule has 8 nitrogen and oxygen atoms in total. The van der Waals surface area contributed by atoms with Crippen molar-refractivity contribution in [2.75, 3.05) is 22.6 Å². The maximum absolute atomic E-state index is 12.8. The quantitative estimate of drug-likeness (QED) is 0.285. The molecule has 2 aromatic rings. The number of anilines is 3. The van der Waals surface area contributed by atoms with E-state index in [4.69, 9.17) is 4.74 Å². The average molecular weight is 873 g/mol. The molecule has 3 amide bonds. The summed E-state index contributed by atoms with van der Waals surface area (Å²) in [6.07, 6.45) is 0. The number of amides is 3. The fourth-order valence-electron chi connectivity index (χ4n) is 2.35. The highest BCUT2D eigenvalue weighted by atomic mass is 127. The minimum atomic E-state index is -0.749. The SMILES string of the molecule is CC(=O)Nc1c(I)c(NC(C)=O)c(I)c(C(=O)OCC(=O)Nc2ccc(I)cc2)c1I. The monoisotopic (exact) mass is 873 g/mol. The highest BCUT2D eigenvalue weighted by Gasteiger charge is 2.27. The number of ether oxygens (including phenoxy) is 1. The Morgan fingerprint density at radius 2 is 1.26 bits per heavy atom. The summed E-state index contributed by atoms with van der Waals surface area (Å²) in [5.41, 5.74) is 1.50. The van der Waals surface area contributed by atoms with Gasteiger partial charge in [0.2, 0.25) is 11.8 Å². The zero-order chi connectivity index (χ0) is 23.3. The van der Waals surface area contributed by atoms with E-state index in [1.807, 2.05) is 79.9 Å². The Kier molecular flexibility index (Phi) is 10.2. The molecule has 31 heavy (non-hydrogen) atoms. The van der Waals surface area contributed by atoms with Crippen LogP contribution in [0.2, 0.25) is 0 Å². The lowest BCUT2D eigenvalue weighted by atomic mass is 10.1. The van der Waals surface area contributed by atoms with Gasteiger partial charge in [0.15, 0.2) is 6.61 Å². The first-order chi connectivity index (χ1) is 14.5. The molecule has 0 radical (unpaired) electrons. The van der Waals surface area contributed by atoms with Crippen LogP contribution < -0.4 is 16.0 Å². The van der Waals surface area contributed by atoms with Crippen LogP contribution in [0, 0.1) is 14.3 Å². The molecular formula is C19H15I4N3O5. The summed E-state index contributed by atoms with van der Waals surface area (Å²) in [4.78, 5) is 48.3. The first-order valence-electron chi connectivity index (χ1n) is 8.49. The van der Waals surface area contributed by atoms with E-state index in [9.17, 15) is 19.2 Å². The molecule has 0 aliphatic heterocycles. The molecular weight excluding hydrogens is 858 g/mol. The smallest absolute Gasteiger partial charge is 0.340 e. The molecule has 0 aromatic heterocycles. The van der Waals surface area contributed by atoms with Crippen molar-refractivity contribution in [2.45, 2.75) is 13.8 Å². The van der Waals surface area contributed by atoms with Crippen molar-refractivity contribution in [1.82, 2.24) is 0 Å². The summed E-state index contributed by atoms with van der Waals surface area (Å²) in [6, 6.07) is 7.16. The predicted molar refractivity (Wildman–Crippen MR) is 151 cm³/mol. The van der Waals surface area contributed by atoms with Crippen molar-refractivity contribution in [1.29, 1.82) is 0 Å². The van der Waals surface area contributed by atoms with Gasteiger partial charge in [0, 0.05) is 23.1 Å². The summed E-state index contributed by atoms with van der Waals surface area (Å²) in [6.45, 7) is 2.19. The second-order valence-corrected chi connectivity index (χ2v) is 10.5. The molecule has 0 heterocycles. The molecule has 0 aliphatic carbocycles. The first kappa shape index (κ1) is 26.5. The Bertz CT molecular complexity index is 1010. The molecule has 0 atom stereocenters. The Morgan fingerprint density at radius 1 is 0.774 bits per heavy atom. The molecule has 0 spiro atoms. The maximum atomic E-state index is 12.8. The minimum Gasteiger partial charge on any atom is -0.452 e. The van der Waals surface area contributed by atoms with Crippen molar-refractivity contribution < 1.29 is 23.9 Å². The molecule has 3 N–H and O–H groups in total. The van der Waals surface area contributed by atoms with Gasteiger partial charge in [-0.2, -0.15) is 0 Å². The third-order valence-electron chi connectivity index (χ3n) is 3.59. The molecule has 0 unspecified atom stereocenters. The number of rotatable bonds is 6. The number of nitrogens with one attached hydrogen (secondary N) is 3. The fraction of sp³-hybridized carbons (Fsp3) is 0.158. The minimum absolute atomic E-state index is 0.149. The van der Waals surface area contributed by atoms with Gasteiger partial charge < -0.3 is 20.7 Å². The lowest BCUT2D eigenvalue weighted by Crippen LogP contribution is -2.23. The van der Waals surface area contributed by atoms with Crippen LogP contribution in [-0.4, -0.2) is 30.3 Å². The van der Waals surface area contributed by atoms with Crippen molar-refractivity contribution >= 4 is 131 Å². The lowest BCUT2D eigenvalue weighted by Gasteiger charge is -2.19. The van der Waals surface area contributed by atoms with Crippen LogP contribution in [0.5, 0.6) is 0 Å². The van der Waals surface area contributed by atoms with Crippen molar-refractivity contribution in [3.63, 3.8) is 0 Å². The summed E-state index contributed by atoms with van der Waals surface area (Å²) in [7, 11) is 0. The van der Waals surface area contributed by atoms with Crippen molar-refractivity contribution in [3.8, 4) is 0 Å². The van der Waals surface area contributed by atoms with Gasteiger partial charge in [0.1, 0.15) is 0 Å². The average Bonchev–Trinajstić information content (AvgIpc) is 2.68. The largest absolute Gasteiger partial charge is 0.452 e. The van der Waals surface area contributed by atoms with Crippen LogP contribution in [0.15, 0.2) is 24.3 Å². The van der Waals surface area contributed by atoms with Gasteiger partial charge in [-0.1, -0.05) is 0 Å². The molecule has 0 saturated carbocycles. The highest BCUT2D eigenvalue weighted by molar-refractivity contribution is 14.1. The molecule has 0 bridgehead atoms. The van der Waals surface area contributed by atoms with Gasteiger partial charge in [-0.25, -0.2) is 4.79 Å². The van der Waals surface area contributed by atoms with Gasteiger partial charge >= 0.3 is 5.97 Å². The first-order valence-corrected chi connectivity index (χ1v) is 12.8. The normalized spacial score (nSPS) is 10.3. The molecule has 164 valence electrons. The lowest BCUT2D eigenvalue weighted by molar-refractivity contribution is -0.119. The second-order valence-electron chi connectivity index (χ2n) is 6.06. The van der Waals surface area contributed by atoms with E-state index in [2.05, 4.69) is 38.5 Å². The highest BCUT2D eigenvalue weighted by Crippen LogP contribution is 2.39. The number of benzene rings is 2. The molecule has 0 aliphatic rings. The third kappa shape index (κ3) is 7.37. The number of halogens is 4. The van der Waals surface area contributed by atoms with Crippen LogP contribution in [0.4, 0.5) is 17.1 Å². The number of hydrogen-bond donors (Lipinski definition) is 3. The summed E-state index contributed by atoms with van der Waals surface area (Å²) < 4.78 is 7.70. The topological polar surface area (TPSA) is 114 Å². The van der Waals surface area contributed by atoms with Crippen molar-refractivity contribution in [3.05, 3.63) is 44.1 Å². The predicted octanol–water partition coefficient (Wildman–Crippen LogP) is 4.82. The molecule has 0 fully saturated rings. The number of carbonyl (C=O) groups excluding carboxylic acids is 4. The molecule has 12 heteroatoms. The van der Waals surface area contributed by atoms with Crippen LogP contribution >= 0.6 is 90.4 Å². The van der Waals surface area contributed by atoms with E-state index < -0.39 is 18.5 Å². The Balaban J connectivity index is 2.29. The van der Waals surface area contributed by atoms with Crippen LogP contribution in [0.25, 0.3) is 0 Å². The fourth-order valence-corrected chi connectivity index (χ4v) is 6.85. The summed E-state index contributed by atoms with van der Waals surface area (Å²) in [5.74, 6) is -1.90. The van der Waals surface area contributed by atoms with E-state index >= 15 is 0 Å². The second kappa shape index (κ2) is 11.9. The molecule has 0 saturated heterocycles. The Labute approximate surface area is 232 Å². The van der Waals surface area contributed by atoms with Gasteiger partial charge in [-0.05, 0) is 115 Å². The zero-order valence-electron chi connectivity index (χ0n) is 16.1. The van der Waals surface area contributed by atoms with Crippen molar-refractivity contribution in [2.24, 2.45) is 0 Å². The number of carbonyl (C=O) groups is 4. The number of esters is 1. The van der Waals surface area contributed by atoms with Crippen LogP contribution in [0.3, 0.4) is 0 Å². The molecule has 2 aromatic carbocycles. The Hall–Kier alpha value is -0.760. The van der Waals surface area contributed by atoms with E-state index in [1.165, 1.54) is 13.8 Å². The van der Waals surface area contributed by atoms with Gasteiger partial charge in [0.05, 0.1) is 27.6 Å². The van der Waals surface area contributed by atoms with E-state index in [1.54, 1.807) is 12.1 Å². The van der Waals surface area contributed by atoms with Crippen LogP contribution in [0.1, 0.15) is 24.2 Å². The maximum Gasteiger partial charge on any atom is 0.340 e. The van der Waals surface area contributed by atoms with Gasteiger partial charge in [0.25, 0.3) is 5.91 Å². The number of hydrogen-bond acceptors (Lipinski definition) is 5. The van der Waals surface area contributed by atoms with E-state index in [-0.39, 0.29) is 17.4 Å². The van der Waals surface area contributed by atoms with E-state index in [0.717, 1.165) is 3.57 Å². The summed E-state index contributed by atoms with van der Waals surface area (Å²) >= 11 is 8.00. The van der Waals surface area contributed by atoms with Gasteiger partial charge in [-0.15, -0.1) is 0 Å².